The molecule has 0 unspecified atom stereocenters. The molecule has 0 heterocycles. The summed E-state index contributed by atoms with van der Waals surface area (Å²) in [4.78, 5) is 44.8. The number of hydrogen-bond donors (Lipinski definition) is 0. The number of benzene rings is 2. The van der Waals surface area contributed by atoms with Gasteiger partial charge in [-0.2, -0.15) is 0 Å². The van der Waals surface area contributed by atoms with E-state index in [-0.39, 0.29) is 29.7 Å². The predicted molar refractivity (Wildman–Crippen MR) is 148 cm³/mol. The molecule has 0 saturated heterocycles. The van der Waals surface area contributed by atoms with E-state index < -0.39 is 23.9 Å². The number of carboxylic acids is 4. The van der Waals surface area contributed by atoms with Crippen LogP contribution in [0.5, 0.6) is 0 Å². The zero-order chi connectivity index (χ0) is 30.2. The molecule has 0 fully saturated rings. The Labute approximate surface area is 244 Å². The van der Waals surface area contributed by atoms with Gasteiger partial charge in [-0.05, 0) is 73.6 Å². The fourth-order valence-electron chi connectivity index (χ4n) is 4.67. The molecule has 0 amide bonds. The van der Waals surface area contributed by atoms with Crippen molar-refractivity contribution in [1.82, 2.24) is 0 Å². The summed E-state index contributed by atoms with van der Waals surface area (Å²) < 4.78 is 0. The number of carbonyl (C=O) groups excluding carboxylic acids is 4. The first-order valence-corrected chi connectivity index (χ1v) is 14.2. The van der Waals surface area contributed by atoms with Gasteiger partial charge in [0.05, 0.1) is 23.9 Å². The SMILES string of the molecule is CCCCc1ccc(C(=O)[O-])c(C(=O)[O-])c1CCCC.CCCCc1ccc(C(=O)[O-])c(C(=O)[O-])c1CCCC.[C+4]. The van der Waals surface area contributed by atoms with Gasteiger partial charge in [-0.15, -0.1) is 0 Å². The van der Waals surface area contributed by atoms with Crippen LogP contribution in [0, 0.1) is 7.43 Å². The topological polar surface area (TPSA) is 161 Å². The van der Waals surface area contributed by atoms with Crippen LogP contribution in [0.4, 0.5) is 0 Å². The second-order valence-corrected chi connectivity index (χ2v) is 9.82. The van der Waals surface area contributed by atoms with Crippen LogP contribution < -0.4 is 20.4 Å². The molecule has 0 saturated carbocycles. The van der Waals surface area contributed by atoms with Crippen molar-refractivity contribution in [2.45, 2.75) is 105 Å². The third kappa shape index (κ3) is 11.0. The van der Waals surface area contributed by atoms with Crippen molar-refractivity contribution in [3.8, 4) is 0 Å². The summed E-state index contributed by atoms with van der Waals surface area (Å²) in [6.45, 7) is 8.13. The Hall–Kier alpha value is -3.68. The molecule has 2 aromatic rings. The maximum Gasteiger partial charge on any atom is 4.00 e. The molecule has 2 rings (SSSR count). The minimum absolute atomic E-state index is 0. The molecule has 0 aromatic heterocycles. The van der Waals surface area contributed by atoms with Crippen LogP contribution in [0.15, 0.2) is 24.3 Å². The van der Waals surface area contributed by atoms with E-state index >= 15 is 0 Å². The largest absolute Gasteiger partial charge is 4.00 e. The maximum absolute atomic E-state index is 11.3. The molecule has 41 heavy (non-hydrogen) atoms. The minimum atomic E-state index is -1.47. The van der Waals surface area contributed by atoms with Gasteiger partial charge in [0.15, 0.2) is 0 Å². The molecule has 8 nitrogen and oxygen atoms in total. The van der Waals surface area contributed by atoms with E-state index in [1.54, 1.807) is 12.1 Å². The van der Waals surface area contributed by atoms with Crippen molar-refractivity contribution in [3.05, 3.63) is 76.2 Å². The second kappa shape index (κ2) is 19.4. The summed E-state index contributed by atoms with van der Waals surface area (Å²) >= 11 is 0. The minimum Gasteiger partial charge on any atom is -0.545 e. The Balaban J connectivity index is 0.000000762. The van der Waals surface area contributed by atoms with Crippen molar-refractivity contribution >= 4 is 23.9 Å². The van der Waals surface area contributed by atoms with Crippen LogP contribution in [0.2, 0.25) is 0 Å². The van der Waals surface area contributed by atoms with Crippen LogP contribution in [0.25, 0.3) is 0 Å². The molecule has 0 aliphatic heterocycles. The molecular formula is C33H40O8. The Kier molecular flexibility index (Phi) is 17.7. The third-order valence-corrected chi connectivity index (χ3v) is 6.83. The normalized spacial score (nSPS) is 10.2. The van der Waals surface area contributed by atoms with Gasteiger partial charge in [-0.25, -0.2) is 0 Å². The predicted octanol–water partition coefficient (Wildman–Crippen LogP) is 2.28. The number of carboxylic acid groups (broad SMARTS) is 4. The fraction of sp³-hybridized carbons (Fsp3) is 0.485. The fourth-order valence-corrected chi connectivity index (χ4v) is 4.67. The Morgan fingerprint density at radius 3 is 1.02 bits per heavy atom. The van der Waals surface area contributed by atoms with Crippen LogP contribution >= 0.6 is 0 Å². The average Bonchev–Trinajstić information content (AvgIpc) is 2.92. The number of aromatic carboxylic acids is 4. The molecule has 0 bridgehead atoms. The van der Waals surface area contributed by atoms with Gasteiger partial charge in [-0.1, -0.05) is 77.6 Å². The third-order valence-electron chi connectivity index (χ3n) is 6.83. The molecule has 0 aliphatic carbocycles. The van der Waals surface area contributed by atoms with Crippen molar-refractivity contribution < 1.29 is 39.6 Å². The van der Waals surface area contributed by atoms with Gasteiger partial charge in [0.2, 0.25) is 0 Å². The maximum atomic E-state index is 11.3. The van der Waals surface area contributed by atoms with Crippen molar-refractivity contribution in [2.75, 3.05) is 0 Å². The molecule has 0 aliphatic rings. The Bertz CT molecular complexity index is 1070. The smallest absolute Gasteiger partial charge is 0.545 e. The molecule has 0 atom stereocenters. The van der Waals surface area contributed by atoms with Crippen LogP contribution in [-0.2, 0) is 25.7 Å². The van der Waals surface area contributed by atoms with Crippen LogP contribution in [0.1, 0.15) is 143 Å². The summed E-state index contributed by atoms with van der Waals surface area (Å²) in [6.07, 6.45) is 9.95. The first-order valence-electron chi connectivity index (χ1n) is 14.2. The summed E-state index contributed by atoms with van der Waals surface area (Å²) in [5, 5.41) is 44.8. The van der Waals surface area contributed by atoms with E-state index in [2.05, 4.69) is 13.8 Å². The molecule has 8 heteroatoms. The first kappa shape index (κ1) is 37.3. The van der Waals surface area contributed by atoms with Crippen molar-refractivity contribution in [3.63, 3.8) is 0 Å². The summed E-state index contributed by atoms with van der Waals surface area (Å²) in [7, 11) is 0. The van der Waals surface area contributed by atoms with Crippen LogP contribution in [0.3, 0.4) is 0 Å². The number of aryl methyl sites for hydroxylation is 2. The summed E-state index contributed by atoms with van der Waals surface area (Å²) in [6, 6.07) is 6.05. The van der Waals surface area contributed by atoms with Crippen molar-refractivity contribution in [1.29, 1.82) is 0 Å². The van der Waals surface area contributed by atoms with E-state index in [9.17, 15) is 39.6 Å². The van der Waals surface area contributed by atoms with Gasteiger partial charge in [0.25, 0.3) is 0 Å². The summed E-state index contributed by atoms with van der Waals surface area (Å²) in [5.41, 5.74) is 2.05. The summed E-state index contributed by atoms with van der Waals surface area (Å²) in [5.74, 6) is -5.81. The number of carbonyl (C=O) groups is 4. The number of rotatable bonds is 16. The van der Waals surface area contributed by atoms with Crippen molar-refractivity contribution in [2.24, 2.45) is 0 Å². The number of unbranched alkanes of at least 4 members (excludes halogenated alkanes) is 4. The van der Waals surface area contributed by atoms with E-state index in [1.807, 2.05) is 13.8 Å². The zero-order valence-electron chi connectivity index (χ0n) is 24.6. The van der Waals surface area contributed by atoms with E-state index in [1.165, 1.54) is 12.1 Å². The molecular weight excluding hydrogens is 524 g/mol. The monoisotopic (exact) mass is 564 g/mol. The standard InChI is InChI=1S/2C16H22O4.C/c2*1-3-5-7-11-9-10-13(15(17)18)14(16(19)20)12(11)8-6-4-2;/h2*9-10H,3-8H2,1-2H3,(H,17,18)(H,19,20);/q;;+4/p-4. The van der Waals surface area contributed by atoms with E-state index in [0.29, 0.717) is 24.0 Å². The molecule has 0 radical (unpaired) electrons. The second-order valence-electron chi connectivity index (χ2n) is 9.82. The zero-order valence-corrected chi connectivity index (χ0v) is 24.6. The first-order chi connectivity index (χ1) is 19.0. The molecule has 220 valence electrons. The van der Waals surface area contributed by atoms with E-state index in [0.717, 1.165) is 75.3 Å². The Morgan fingerprint density at radius 1 is 0.488 bits per heavy atom. The van der Waals surface area contributed by atoms with Gasteiger partial charge < -0.3 is 39.6 Å². The van der Waals surface area contributed by atoms with E-state index in [4.69, 9.17) is 0 Å². The van der Waals surface area contributed by atoms with Crippen LogP contribution in [-0.4, -0.2) is 23.9 Å². The molecule has 2 aromatic carbocycles. The number of hydrogen-bond acceptors (Lipinski definition) is 8. The van der Waals surface area contributed by atoms with Gasteiger partial charge >= 0.3 is 7.43 Å². The van der Waals surface area contributed by atoms with Gasteiger partial charge in [-0.3, -0.25) is 0 Å². The quantitative estimate of drug-likeness (QED) is 0.300. The molecule has 0 spiro atoms. The van der Waals surface area contributed by atoms with Gasteiger partial charge in [0, 0.05) is 22.3 Å². The Morgan fingerprint density at radius 2 is 0.780 bits per heavy atom. The molecule has 0 N–H and O–H groups in total. The average molecular weight is 565 g/mol. The van der Waals surface area contributed by atoms with Gasteiger partial charge in [0.1, 0.15) is 0 Å².